The first kappa shape index (κ1) is 15.2. The predicted octanol–water partition coefficient (Wildman–Crippen LogP) is 3.98. The second kappa shape index (κ2) is 6.53. The number of carbonyl (C=O) groups is 1. The maximum atomic E-state index is 12.8. The third kappa shape index (κ3) is 3.12. The van der Waals surface area contributed by atoms with Crippen molar-refractivity contribution in [2.75, 3.05) is 6.54 Å². The van der Waals surface area contributed by atoms with Crippen molar-refractivity contribution in [2.45, 2.75) is 52.4 Å². The summed E-state index contributed by atoms with van der Waals surface area (Å²) in [6, 6.07) is 8.16. The molecule has 0 saturated heterocycles. The average molecular weight is 273 g/mol. The van der Waals surface area contributed by atoms with Crippen LogP contribution in [0.4, 0.5) is 0 Å². The number of Topliss-reactive ketones (excluding diaryl/α,β-unsaturated/α-hetero) is 1. The predicted molar refractivity (Wildman–Crippen MR) is 83.9 cm³/mol. The van der Waals surface area contributed by atoms with Crippen LogP contribution in [0.1, 0.15) is 61.9 Å². The van der Waals surface area contributed by atoms with Crippen LogP contribution < -0.4 is 5.73 Å². The molecule has 2 heteroatoms. The monoisotopic (exact) mass is 273 g/mol. The number of carbonyl (C=O) groups excluding carboxylic acids is 1. The highest BCUT2D eigenvalue weighted by Gasteiger charge is 2.39. The topological polar surface area (TPSA) is 43.1 Å². The maximum Gasteiger partial charge on any atom is 0.170 e. The Morgan fingerprint density at radius 2 is 1.85 bits per heavy atom. The van der Waals surface area contributed by atoms with Crippen molar-refractivity contribution in [3.05, 3.63) is 35.4 Å². The molecule has 0 unspecified atom stereocenters. The summed E-state index contributed by atoms with van der Waals surface area (Å²) >= 11 is 0. The van der Waals surface area contributed by atoms with E-state index in [0.717, 1.165) is 50.0 Å². The van der Waals surface area contributed by atoms with Gasteiger partial charge in [-0.1, -0.05) is 44.5 Å². The van der Waals surface area contributed by atoms with Crippen molar-refractivity contribution < 1.29 is 4.79 Å². The Labute approximate surface area is 122 Å². The van der Waals surface area contributed by atoms with Crippen LogP contribution in [0.3, 0.4) is 0 Å². The molecule has 2 rings (SSSR count). The molecule has 2 nitrogen and oxygen atoms in total. The standard InChI is InChI=1S/C18H27NO/c1-3-4-15-5-7-16(8-6-15)17(20)18(13-19)11-9-14(2)10-12-18/h5-8,14H,3-4,9-13,19H2,1-2H3. The normalized spacial score (nSPS) is 26.4. The highest BCUT2D eigenvalue weighted by atomic mass is 16.1. The zero-order valence-electron chi connectivity index (χ0n) is 12.8. The second-order valence-electron chi connectivity index (χ2n) is 6.44. The van der Waals surface area contributed by atoms with Crippen LogP contribution in [0.5, 0.6) is 0 Å². The SMILES string of the molecule is CCCc1ccc(C(=O)C2(CN)CCC(C)CC2)cc1. The number of hydrogen-bond donors (Lipinski definition) is 1. The van der Waals surface area contributed by atoms with Crippen LogP contribution in [0.2, 0.25) is 0 Å². The number of nitrogens with two attached hydrogens (primary N) is 1. The van der Waals surface area contributed by atoms with E-state index >= 15 is 0 Å². The molecule has 0 aromatic heterocycles. The zero-order chi connectivity index (χ0) is 14.6. The lowest BCUT2D eigenvalue weighted by atomic mass is 9.67. The fourth-order valence-electron chi connectivity index (χ4n) is 3.26. The molecule has 110 valence electrons. The fraction of sp³-hybridized carbons (Fsp3) is 0.611. The third-order valence-electron chi connectivity index (χ3n) is 4.86. The van der Waals surface area contributed by atoms with Crippen molar-refractivity contribution in [3.63, 3.8) is 0 Å². The van der Waals surface area contributed by atoms with E-state index in [-0.39, 0.29) is 11.2 Å². The lowest BCUT2D eigenvalue weighted by Gasteiger charge is -2.37. The number of aryl methyl sites for hydroxylation is 1. The molecule has 20 heavy (non-hydrogen) atoms. The summed E-state index contributed by atoms with van der Waals surface area (Å²) in [6.45, 7) is 4.92. The van der Waals surface area contributed by atoms with Gasteiger partial charge in [-0.2, -0.15) is 0 Å². The molecule has 0 aliphatic heterocycles. The minimum atomic E-state index is -0.307. The summed E-state index contributed by atoms with van der Waals surface area (Å²) in [5.41, 5.74) is 7.82. The number of benzene rings is 1. The van der Waals surface area contributed by atoms with Crippen LogP contribution >= 0.6 is 0 Å². The highest BCUT2D eigenvalue weighted by Crippen LogP contribution is 2.40. The van der Waals surface area contributed by atoms with Gasteiger partial charge in [0.1, 0.15) is 0 Å². The molecule has 1 saturated carbocycles. The van der Waals surface area contributed by atoms with Crippen LogP contribution in [0, 0.1) is 11.3 Å². The van der Waals surface area contributed by atoms with Crippen LogP contribution in [0.15, 0.2) is 24.3 Å². The molecule has 0 heterocycles. The Balaban J connectivity index is 2.16. The molecule has 1 aromatic carbocycles. The lowest BCUT2D eigenvalue weighted by molar-refractivity contribution is 0.0695. The van der Waals surface area contributed by atoms with Gasteiger partial charge in [-0.3, -0.25) is 4.79 Å². The Bertz CT molecular complexity index is 441. The summed E-state index contributed by atoms with van der Waals surface area (Å²) in [5, 5.41) is 0. The van der Waals surface area contributed by atoms with Crippen molar-refractivity contribution in [1.82, 2.24) is 0 Å². The first-order valence-electron chi connectivity index (χ1n) is 7.95. The molecule has 2 N–H and O–H groups in total. The van der Waals surface area contributed by atoms with E-state index in [2.05, 4.69) is 26.0 Å². The van der Waals surface area contributed by atoms with Gasteiger partial charge in [0.2, 0.25) is 0 Å². The van der Waals surface area contributed by atoms with E-state index in [0.29, 0.717) is 6.54 Å². The van der Waals surface area contributed by atoms with Gasteiger partial charge in [0, 0.05) is 17.5 Å². The molecule has 1 aromatic rings. The van der Waals surface area contributed by atoms with Crippen LogP contribution in [-0.4, -0.2) is 12.3 Å². The summed E-state index contributed by atoms with van der Waals surface area (Å²) < 4.78 is 0. The van der Waals surface area contributed by atoms with E-state index in [1.807, 2.05) is 12.1 Å². The minimum Gasteiger partial charge on any atom is -0.329 e. The Kier molecular flexibility index (Phi) is 4.98. The first-order chi connectivity index (χ1) is 9.61. The minimum absolute atomic E-state index is 0.259. The summed E-state index contributed by atoms with van der Waals surface area (Å²) in [4.78, 5) is 12.8. The van der Waals surface area contributed by atoms with E-state index in [4.69, 9.17) is 5.73 Å². The van der Waals surface area contributed by atoms with Gasteiger partial charge < -0.3 is 5.73 Å². The van der Waals surface area contributed by atoms with E-state index in [9.17, 15) is 4.79 Å². The molecular formula is C18H27NO. The maximum absolute atomic E-state index is 12.8. The smallest absolute Gasteiger partial charge is 0.170 e. The van der Waals surface area contributed by atoms with Crippen molar-refractivity contribution in [3.8, 4) is 0 Å². The molecule has 1 aliphatic rings. The van der Waals surface area contributed by atoms with Gasteiger partial charge in [-0.05, 0) is 43.6 Å². The summed E-state index contributed by atoms with van der Waals surface area (Å²) in [5.74, 6) is 0.990. The van der Waals surface area contributed by atoms with Gasteiger partial charge >= 0.3 is 0 Å². The number of hydrogen-bond acceptors (Lipinski definition) is 2. The van der Waals surface area contributed by atoms with Crippen molar-refractivity contribution >= 4 is 5.78 Å². The average Bonchev–Trinajstić information content (AvgIpc) is 2.49. The lowest BCUT2D eigenvalue weighted by Crippen LogP contribution is -2.41. The largest absolute Gasteiger partial charge is 0.329 e. The number of ketones is 1. The summed E-state index contributed by atoms with van der Waals surface area (Å²) in [6.07, 6.45) is 6.35. The van der Waals surface area contributed by atoms with E-state index in [1.54, 1.807) is 0 Å². The molecule has 1 fully saturated rings. The van der Waals surface area contributed by atoms with Gasteiger partial charge in [0.25, 0.3) is 0 Å². The molecule has 0 atom stereocenters. The van der Waals surface area contributed by atoms with E-state index < -0.39 is 0 Å². The molecular weight excluding hydrogens is 246 g/mol. The first-order valence-corrected chi connectivity index (χ1v) is 7.95. The third-order valence-corrected chi connectivity index (χ3v) is 4.86. The van der Waals surface area contributed by atoms with Crippen LogP contribution in [0.25, 0.3) is 0 Å². The Morgan fingerprint density at radius 1 is 1.25 bits per heavy atom. The summed E-state index contributed by atoms with van der Waals surface area (Å²) in [7, 11) is 0. The van der Waals surface area contributed by atoms with Crippen molar-refractivity contribution in [2.24, 2.45) is 17.1 Å². The molecule has 0 spiro atoms. The highest BCUT2D eigenvalue weighted by molar-refractivity contribution is 6.00. The van der Waals surface area contributed by atoms with Gasteiger partial charge in [0.15, 0.2) is 5.78 Å². The molecule has 0 radical (unpaired) electrons. The Hall–Kier alpha value is -1.15. The van der Waals surface area contributed by atoms with Crippen molar-refractivity contribution in [1.29, 1.82) is 0 Å². The van der Waals surface area contributed by atoms with Crippen LogP contribution in [-0.2, 0) is 6.42 Å². The van der Waals surface area contributed by atoms with Gasteiger partial charge in [-0.25, -0.2) is 0 Å². The molecule has 1 aliphatic carbocycles. The molecule has 0 amide bonds. The zero-order valence-corrected chi connectivity index (χ0v) is 12.8. The quantitative estimate of drug-likeness (QED) is 0.825. The second-order valence-corrected chi connectivity index (χ2v) is 6.44. The van der Waals surface area contributed by atoms with E-state index in [1.165, 1.54) is 5.56 Å². The van der Waals surface area contributed by atoms with Gasteiger partial charge in [-0.15, -0.1) is 0 Å². The molecule has 0 bridgehead atoms. The fourth-order valence-corrected chi connectivity index (χ4v) is 3.26. The number of rotatable bonds is 5. The van der Waals surface area contributed by atoms with Gasteiger partial charge in [0.05, 0.1) is 0 Å². The Morgan fingerprint density at radius 3 is 2.35 bits per heavy atom.